The number of hydrogen-bond donors (Lipinski definition) is 2. The number of carbonyl (C=O) groups is 1. The van der Waals surface area contributed by atoms with Gasteiger partial charge in [-0.1, -0.05) is 11.8 Å². The van der Waals surface area contributed by atoms with E-state index in [1.165, 1.54) is 12.1 Å². The standard InChI is InChI=1S/C11H10ClNO3/c12-7-1-2-8-16-11(15)13-9-3-5-10(14)6-4-9/h3-6,14H,7-8H2,(H,13,15). The van der Waals surface area contributed by atoms with Gasteiger partial charge in [-0.3, -0.25) is 5.32 Å². The van der Waals surface area contributed by atoms with Crippen molar-refractivity contribution in [3.8, 4) is 17.6 Å². The Morgan fingerprint density at radius 2 is 2.06 bits per heavy atom. The molecule has 5 heteroatoms. The van der Waals surface area contributed by atoms with Crippen LogP contribution in [0.25, 0.3) is 0 Å². The maximum Gasteiger partial charge on any atom is 0.412 e. The number of amides is 1. The molecular formula is C11H10ClNO3. The van der Waals surface area contributed by atoms with Crippen molar-refractivity contribution in [1.29, 1.82) is 0 Å². The first-order chi connectivity index (χ1) is 7.72. The molecule has 1 aromatic rings. The van der Waals surface area contributed by atoms with E-state index in [0.29, 0.717) is 5.69 Å². The minimum atomic E-state index is -0.602. The van der Waals surface area contributed by atoms with Gasteiger partial charge in [-0.2, -0.15) is 0 Å². The Balaban J connectivity index is 2.37. The van der Waals surface area contributed by atoms with Gasteiger partial charge in [0, 0.05) is 5.69 Å². The molecule has 1 rings (SSSR count). The molecule has 0 saturated carbocycles. The number of carbonyl (C=O) groups excluding carboxylic acids is 1. The molecule has 0 spiro atoms. The van der Waals surface area contributed by atoms with Gasteiger partial charge in [-0.05, 0) is 24.3 Å². The SMILES string of the molecule is O=C(Nc1ccc(O)cc1)OCC#CCCl. The molecule has 0 saturated heterocycles. The van der Waals surface area contributed by atoms with E-state index < -0.39 is 6.09 Å². The number of halogens is 1. The van der Waals surface area contributed by atoms with E-state index in [4.69, 9.17) is 21.4 Å². The quantitative estimate of drug-likeness (QED) is 0.473. The summed E-state index contributed by atoms with van der Waals surface area (Å²) in [5, 5.41) is 11.5. The van der Waals surface area contributed by atoms with Crippen LogP contribution in [0.2, 0.25) is 0 Å². The topological polar surface area (TPSA) is 58.6 Å². The molecule has 0 aliphatic carbocycles. The number of rotatable bonds is 2. The summed E-state index contributed by atoms with van der Waals surface area (Å²) in [6, 6.07) is 6.04. The van der Waals surface area contributed by atoms with Crippen molar-refractivity contribution in [2.75, 3.05) is 17.8 Å². The zero-order valence-electron chi connectivity index (χ0n) is 8.37. The van der Waals surface area contributed by atoms with E-state index in [9.17, 15) is 4.79 Å². The minimum absolute atomic E-state index is 0.00334. The second-order valence-corrected chi connectivity index (χ2v) is 3.00. The monoisotopic (exact) mass is 239 g/mol. The molecule has 4 nitrogen and oxygen atoms in total. The molecule has 1 aromatic carbocycles. The molecule has 0 aliphatic rings. The first kappa shape index (κ1) is 12.2. The van der Waals surface area contributed by atoms with Crippen molar-refractivity contribution in [3.63, 3.8) is 0 Å². The third kappa shape index (κ3) is 4.58. The molecule has 0 heterocycles. The van der Waals surface area contributed by atoms with Gasteiger partial charge in [0.15, 0.2) is 6.61 Å². The Morgan fingerprint density at radius 1 is 1.38 bits per heavy atom. The number of nitrogens with one attached hydrogen (secondary N) is 1. The van der Waals surface area contributed by atoms with Crippen LogP contribution in [0.1, 0.15) is 0 Å². The van der Waals surface area contributed by atoms with Crippen LogP contribution in [0.3, 0.4) is 0 Å². The van der Waals surface area contributed by atoms with E-state index in [0.717, 1.165) is 0 Å². The van der Waals surface area contributed by atoms with Crippen LogP contribution in [0.4, 0.5) is 10.5 Å². The zero-order valence-corrected chi connectivity index (χ0v) is 9.12. The number of phenols is 1. The maximum atomic E-state index is 11.2. The summed E-state index contributed by atoms with van der Waals surface area (Å²) in [6.45, 7) is -0.00334. The smallest absolute Gasteiger partial charge is 0.412 e. The van der Waals surface area contributed by atoms with E-state index in [2.05, 4.69) is 17.2 Å². The van der Waals surface area contributed by atoms with Crippen LogP contribution in [0, 0.1) is 11.8 Å². The van der Waals surface area contributed by atoms with Gasteiger partial charge in [0.25, 0.3) is 0 Å². The van der Waals surface area contributed by atoms with Crippen molar-refractivity contribution >= 4 is 23.4 Å². The van der Waals surface area contributed by atoms with Gasteiger partial charge in [0.2, 0.25) is 0 Å². The predicted octanol–water partition coefficient (Wildman–Crippen LogP) is 2.18. The summed E-state index contributed by atoms with van der Waals surface area (Å²) in [4.78, 5) is 11.2. The Labute approximate surface area is 98.2 Å². The van der Waals surface area contributed by atoms with Crippen LogP contribution in [-0.4, -0.2) is 23.7 Å². The molecule has 16 heavy (non-hydrogen) atoms. The Bertz CT molecular complexity index is 405. The van der Waals surface area contributed by atoms with E-state index in [1.54, 1.807) is 12.1 Å². The van der Waals surface area contributed by atoms with Gasteiger partial charge in [0.1, 0.15) is 5.75 Å². The molecule has 0 bridgehead atoms. The molecule has 0 fully saturated rings. The van der Waals surface area contributed by atoms with E-state index in [1.807, 2.05) is 0 Å². The van der Waals surface area contributed by atoms with Crippen LogP contribution < -0.4 is 5.32 Å². The third-order valence-electron chi connectivity index (χ3n) is 1.58. The Hall–Kier alpha value is -1.86. The number of benzene rings is 1. The largest absolute Gasteiger partial charge is 0.508 e. The van der Waals surface area contributed by atoms with E-state index in [-0.39, 0.29) is 18.2 Å². The second kappa shape index (κ2) is 6.59. The van der Waals surface area contributed by atoms with Crippen molar-refractivity contribution < 1.29 is 14.6 Å². The summed E-state index contributed by atoms with van der Waals surface area (Å²) in [5.74, 6) is 5.45. The van der Waals surface area contributed by atoms with Crippen LogP contribution in [0.15, 0.2) is 24.3 Å². The minimum Gasteiger partial charge on any atom is -0.508 e. The number of alkyl halides is 1. The summed E-state index contributed by atoms with van der Waals surface area (Å²) in [7, 11) is 0. The van der Waals surface area contributed by atoms with E-state index >= 15 is 0 Å². The molecule has 84 valence electrons. The highest BCUT2D eigenvalue weighted by molar-refractivity contribution is 6.19. The first-order valence-corrected chi connectivity index (χ1v) is 5.00. The molecule has 0 aliphatic heterocycles. The fourth-order valence-corrected chi connectivity index (χ4v) is 0.993. The molecule has 0 aromatic heterocycles. The Morgan fingerprint density at radius 3 is 2.69 bits per heavy atom. The number of anilines is 1. The summed E-state index contributed by atoms with van der Waals surface area (Å²) in [5.41, 5.74) is 0.535. The normalized spacial score (nSPS) is 8.81. The van der Waals surface area contributed by atoms with Crippen molar-refractivity contribution in [1.82, 2.24) is 0 Å². The molecule has 2 N–H and O–H groups in total. The number of ether oxygens (including phenoxy) is 1. The lowest BCUT2D eigenvalue weighted by Crippen LogP contribution is -2.13. The summed E-state index contributed by atoms with van der Waals surface area (Å²) in [6.07, 6.45) is -0.602. The van der Waals surface area contributed by atoms with Gasteiger partial charge < -0.3 is 9.84 Å². The maximum absolute atomic E-state index is 11.2. The number of aromatic hydroxyl groups is 1. The van der Waals surface area contributed by atoms with Gasteiger partial charge in [-0.25, -0.2) is 4.79 Å². The summed E-state index contributed by atoms with van der Waals surface area (Å²) >= 11 is 5.31. The molecule has 0 radical (unpaired) electrons. The lowest BCUT2D eigenvalue weighted by Gasteiger charge is -2.04. The second-order valence-electron chi connectivity index (χ2n) is 2.74. The fraction of sp³-hybridized carbons (Fsp3) is 0.182. The van der Waals surface area contributed by atoms with Crippen molar-refractivity contribution in [2.24, 2.45) is 0 Å². The molecule has 0 unspecified atom stereocenters. The van der Waals surface area contributed by atoms with Crippen molar-refractivity contribution in [2.45, 2.75) is 0 Å². The average molecular weight is 240 g/mol. The van der Waals surface area contributed by atoms with Crippen LogP contribution >= 0.6 is 11.6 Å². The average Bonchev–Trinajstić information content (AvgIpc) is 2.28. The number of hydrogen-bond acceptors (Lipinski definition) is 3. The highest BCUT2D eigenvalue weighted by Crippen LogP contribution is 2.13. The third-order valence-corrected chi connectivity index (χ3v) is 1.71. The zero-order chi connectivity index (χ0) is 11.8. The highest BCUT2D eigenvalue weighted by atomic mass is 35.5. The fourth-order valence-electron chi connectivity index (χ4n) is 0.899. The van der Waals surface area contributed by atoms with Gasteiger partial charge in [-0.15, -0.1) is 11.6 Å². The Kier molecular flexibility index (Phi) is 5.03. The number of phenolic OH excluding ortho intramolecular Hbond substituents is 1. The predicted molar refractivity (Wildman–Crippen MR) is 61.6 cm³/mol. The van der Waals surface area contributed by atoms with Crippen molar-refractivity contribution in [3.05, 3.63) is 24.3 Å². The van der Waals surface area contributed by atoms with Crippen LogP contribution in [-0.2, 0) is 4.74 Å². The highest BCUT2D eigenvalue weighted by Gasteiger charge is 2.01. The molecule has 0 atom stereocenters. The molecule has 1 amide bonds. The van der Waals surface area contributed by atoms with Gasteiger partial charge >= 0.3 is 6.09 Å². The van der Waals surface area contributed by atoms with Crippen LogP contribution in [0.5, 0.6) is 5.75 Å². The van der Waals surface area contributed by atoms with Gasteiger partial charge in [0.05, 0.1) is 5.88 Å². The molecular weight excluding hydrogens is 230 g/mol. The lowest BCUT2D eigenvalue weighted by molar-refractivity contribution is 0.176. The lowest BCUT2D eigenvalue weighted by atomic mass is 10.3. The summed E-state index contributed by atoms with van der Waals surface area (Å²) < 4.78 is 4.73. The first-order valence-electron chi connectivity index (χ1n) is 4.47.